The fourth-order valence-corrected chi connectivity index (χ4v) is 3.25. The molecular formula is C16H13ClN2OS. The maximum absolute atomic E-state index is 11.3. The summed E-state index contributed by atoms with van der Waals surface area (Å²) in [7, 11) is 0. The molecule has 0 N–H and O–H groups in total. The van der Waals surface area contributed by atoms with Crippen LogP contribution < -0.4 is 0 Å². The average molecular weight is 317 g/mol. The molecule has 0 atom stereocenters. The number of halogens is 1. The minimum atomic E-state index is 0.583. The Hall–Kier alpha value is -1.91. The van der Waals surface area contributed by atoms with Gasteiger partial charge < -0.3 is 0 Å². The van der Waals surface area contributed by atoms with E-state index in [4.69, 9.17) is 11.6 Å². The van der Waals surface area contributed by atoms with Gasteiger partial charge in [-0.25, -0.2) is 4.68 Å². The first kappa shape index (κ1) is 14.0. The maximum Gasteiger partial charge on any atom is 0.153 e. The van der Waals surface area contributed by atoms with Crippen molar-refractivity contribution in [1.29, 1.82) is 0 Å². The van der Waals surface area contributed by atoms with Crippen LogP contribution in [-0.4, -0.2) is 16.1 Å². The van der Waals surface area contributed by atoms with E-state index in [-0.39, 0.29) is 0 Å². The molecule has 0 bridgehead atoms. The van der Waals surface area contributed by atoms with Gasteiger partial charge in [0, 0.05) is 16.1 Å². The monoisotopic (exact) mass is 316 g/mol. The number of aromatic nitrogens is 2. The molecular weight excluding hydrogens is 304 g/mol. The van der Waals surface area contributed by atoms with Crippen LogP contribution in [0.15, 0.2) is 42.6 Å². The van der Waals surface area contributed by atoms with Crippen LogP contribution in [0.1, 0.15) is 22.2 Å². The zero-order chi connectivity index (χ0) is 14.8. The molecule has 0 spiro atoms. The number of aldehydes is 1. The van der Waals surface area contributed by atoms with Gasteiger partial charge >= 0.3 is 0 Å². The topological polar surface area (TPSA) is 34.9 Å². The molecule has 0 unspecified atom stereocenters. The van der Waals surface area contributed by atoms with Crippen LogP contribution in [0.2, 0.25) is 5.02 Å². The Balaban J connectivity index is 2.08. The summed E-state index contributed by atoms with van der Waals surface area (Å²) in [5, 5.41) is 5.19. The van der Waals surface area contributed by atoms with E-state index in [9.17, 15) is 4.79 Å². The zero-order valence-corrected chi connectivity index (χ0v) is 13.0. The Bertz CT molecular complexity index is 791. The molecule has 0 saturated carbocycles. The molecule has 0 amide bonds. The lowest BCUT2D eigenvalue weighted by Crippen LogP contribution is -1.94. The van der Waals surface area contributed by atoms with Gasteiger partial charge in [-0.1, -0.05) is 24.6 Å². The highest BCUT2D eigenvalue weighted by atomic mass is 35.5. The molecule has 3 rings (SSSR count). The van der Waals surface area contributed by atoms with Gasteiger partial charge in [-0.2, -0.15) is 5.10 Å². The van der Waals surface area contributed by atoms with Crippen LogP contribution in [0.5, 0.6) is 0 Å². The minimum Gasteiger partial charge on any atom is -0.298 e. The molecule has 0 radical (unpaired) electrons. The Morgan fingerprint density at radius 1 is 1.33 bits per heavy atom. The minimum absolute atomic E-state index is 0.583. The van der Waals surface area contributed by atoms with Crippen molar-refractivity contribution in [3.05, 3.63) is 58.1 Å². The van der Waals surface area contributed by atoms with Crippen LogP contribution in [0, 0.1) is 0 Å². The third-order valence-corrected chi connectivity index (χ3v) is 4.66. The smallest absolute Gasteiger partial charge is 0.153 e. The number of hydrogen-bond donors (Lipinski definition) is 0. The van der Waals surface area contributed by atoms with Gasteiger partial charge in [-0.15, -0.1) is 11.3 Å². The molecule has 2 aromatic heterocycles. The van der Waals surface area contributed by atoms with Crippen molar-refractivity contribution >= 4 is 29.2 Å². The standard InChI is InChI=1S/C16H13ClN2OS/c1-2-14-6-7-15(21-14)16-11(10-20)9-19(18-16)13-5-3-4-12(17)8-13/h3-10H,2H2,1H3. The molecule has 0 aliphatic carbocycles. The number of hydrogen-bond acceptors (Lipinski definition) is 3. The second kappa shape index (κ2) is 5.84. The molecule has 2 heterocycles. The van der Waals surface area contributed by atoms with E-state index < -0.39 is 0 Å². The summed E-state index contributed by atoms with van der Waals surface area (Å²) < 4.78 is 1.69. The van der Waals surface area contributed by atoms with Gasteiger partial charge in [0.25, 0.3) is 0 Å². The number of aryl methyl sites for hydroxylation is 1. The summed E-state index contributed by atoms with van der Waals surface area (Å²) in [6, 6.07) is 11.5. The SMILES string of the molecule is CCc1ccc(-c2nn(-c3cccc(Cl)c3)cc2C=O)s1. The van der Waals surface area contributed by atoms with Crippen LogP contribution in [0.25, 0.3) is 16.3 Å². The summed E-state index contributed by atoms with van der Waals surface area (Å²) in [5.74, 6) is 0. The molecule has 21 heavy (non-hydrogen) atoms. The first-order valence-electron chi connectivity index (χ1n) is 6.61. The van der Waals surface area contributed by atoms with Gasteiger partial charge in [0.2, 0.25) is 0 Å². The summed E-state index contributed by atoms with van der Waals surface area (Å²) >= 11 is 7.67. The highest BCUT2D eigenvalue weighted by Crippen LogP contribution is 2.30. The van der Waals surface area contributed by atoms with Gasteiger partial charge in [-0.3, -0.25) is 4.79 Å². The van der Waals surface area contributed by atoms with Crippen molar-refractivity contribution in [1.82, 2.24) is 9.78 Å². The quantitative estimate of drug-likeness (QED) is 0.658. The first-order valence-corrected chi connectivity index (χ1v) is 7.80. The Morgan fingerprint density at radius 2 is 2.19 bits per heavy atom. The lowest BCUT2D eigenvalue weighted by Gasteiger charge is -2.00. The maximum atomic E-state index is 11.3. The highest BCUT2D eigenvalue weighted by Gasteiger charge is 2.13. The molecule has 3 nitrogen and oxygen atoms in total. The van der Waals surface area contributed by atoms with Crippen molar-refractivity contribution in [2.45, 2.75) is 13.3 Å². The van der Waals surface area contributed by atoms with Crippen LogP contribution in [0.4, 0.5) is 0 Å². The predicted octanol–water partition coefficient (Wildman–Crippen LogP) is 4.63. The first-order chi connectivity index (χ1) is 10.2. The fourth-order valence-electron chi connectivity index (χ4n) is 2.11. The molecule has 0 aliphatic rings. The Morgan fingerprint density at radius 3 is 2.86 bits per heavy atom. The van der Waals surface area contributed by atoms with E-state index in [1.807, 2.05) is 30.3 Å². The van der Waals surface area contributed by atoms with Gasteiger partial charge in [0.1, 0.15) is 5.69 Å². The molecule has 5 heteroatoms. The molecule has 0 fully saturated rings. The van der Waals surface area contributed by atoms with Gasteiger partial charge in [0.15, 0.2) is 6.29 Å². The number of nitrogens with zero attached hydrogens (tertiary/aromatic N) is 2. The molecule has 106 valence electrons. The van der Waals surface area contributed by atoms with E-state index in [1.54, 1.807) is 22.2 Å². The second-order valence-corrected chi connectivity index (χ2v) is 6.20. The lowest BCUT2D eigenvalue weighted by atomic mass is 10.2. The zero-order valence-electron chi connectivity index (χ0n) is 11.4. The fraction of sp³-hybridized carbons (Fsp3) is 0.125. The number of carbonyl (C=O) groups is 1. The van der Waals surface area contributed by atoms with E-state index in [2.05, 4.69) is 18.1 Å². The predicted molar refractivity (Wildman–Crippen MR) is 86.7 cm³/mol. The van der Waals surface area contributed by atoms with Gasteiger partial charge in [0.05, 0.1) is 16.1 Å². The van der Waals surface area contributed by atoms with E-state index >= 15 is 0 Å². The van der Waals surface area contributed by atoms with Crippen molar-refractivity contribution in [3.63, 3.8) is 0 Å². The van der Waals surface area contributed by atoms with E-state index in [0.29, 0.717) is 10.6 Å². The lowest BCUT2D eigenvalue weighted by molar-refractivity contribution is 0.112. The number of thiophene rings is 1. The van der Waals surface area contributed by atoms with Crippen LogP contribution in [-0.2, 0) is 6.42 Å². The summed E-state index contributed by atoms with van der Waals surface area (Å²) in [6.07, 6.45) is 3.56. The molecule has 3 aromatic rings. The number of carbonyl (C=O) groups excluding carboxylic acids is 1. The summed E-state index contributed by atoms with van der Waals surface area (Å²) in [6.45, 7) is 2.11. The number of benzene rings is 1. The Kier molecular flexibility index (Phi) is 3.90. The van der Waals surface area contributed by atoms with Crippen LogP contribution >= 0.6 is 22.9 Å². The largest absolute Gasteiger partial charge is 0.298 e. The van der Waals surface area contributed by atoms with Crippen molar-refractivity contribution in [3.8, 4) is 16.3 Å². The third-order valence-electron chi connectivity index (χ3n) is 3.19. The molecule has 0 aliphatic heterocycles. The van der Waals surface area contributed by atoms with E-state index in [0.717, 1.165) is 29.0 Å². The van der Waals surface area contributed by atoms with Crippen molar-refractivity contribution in [2.24, 2.45) is 0 Å². The van der Waals surface area contributed by atoms with E-state index in [1.165, 1.54) is 4.88 Å². The number of rotatable bonds is 4. The average Bonchev–Trinajstić information content (AvgIpc) is 3.13. The molecule has 1 aromatic carbocycles. The highest BCUT2D eigenvalue weighted by molar-refractivity contribution is 7.15. The summed E-state index contributed by atoms with van der Waals surface area (Å²) in [4.78, 5) is 13.6. The van der Waals surface area contributed by atoms with Gasteiger partial charge in [-0.05, 0) is 36.8 Å². The van der Waals surface area contributed by atoms with Crippen LogP contribution in [0.3, 0.4) is 0 Å². The van der Waals surface area contributed by atoms with Crippen molar-refractivity contribution in [2.75, 3.05) is 0 Å². The Labute approximate surface area is 131 Å². The summed E-state index contributed by atoms with van der Waals surface area (Å²) in [5.41, 5.74) is 2.14. The van der Waals surface area contributed by atoms with Crippen molar-refractivity contribution < 1.29 is 4.79 Å². The normalized spacial score (nSPS) is 10.8. The third kappa shape index (κ3) is 2.77. The molecule has 0 saturated heterocycles. The second-order valence-electron chi connectivity index (χ2n) is 4.59.